The van der Waals surface area contributed by atoms with Crippen molar-refractivity contribution in [2.75, 3.05) is 40.9 Å². The first kappa shape index (κ1) is 66.9. The number of phosphoric ester groups is 1. The summed E-state index contributed by atoms with van der Waals surface area (Å²) in [5.41, 5.74) is 0. The largest absolute Gasteiger partial charge is 0.756 e. The lowest BCUT2D eigenvalue weighted by Gasteiger charge is -2.30. The monoisotopic (exact) mass is 987 g/mol. The third-order valence-electron chi connectivity index (χ3n) is 12.7. The first-order valence-corrected chi connectivity index (χ1v) is 30.2. The van der Waals surface area contributed by atoms with Crippen molar-refractivity contribution < 1.29 is 32.9 Å². The normalized spacial score (nSPS) is 14.5. The quantitative estimate of drug-likeness (QED) is 0.0272. The standard InChI is InChI=1S/C60H111N2O6P/c1-6-8-10-12-14-16-18-20-22-24-26-27-28-29-30-31-32-33-34-35-36-38-40-42-44-46-48-50-52-54-60(64)61-58(57-68-69(65,66)67-56-55-62(3,4)5)59(63)53-51-49-47-45-43-41-39-37-25-23-21-19-17-15-13-11-9-7-2/h8,10,14,16,20,22,26-27,29-30,32-33,58-59,63H,6-7,9,11-13,15,17-19,21,23-25,28,31,34-57H2,1-5H3,(H-,61,64,65,66)/b10-8-,16-14-,22-20-,27-26-,30-29-,33-32-. The Balaban J connectivity index is 4.18. The number of carbonyl (C=O) groups excluding carboxylic acids is 1. The fraction of sp³-hybridized carbons (Fsp3) is 0.783. The number of likely N-dealkylation sites (N-methyl/N-ethyl adjacent to an activating group) is 1. The second-order valence-corrected chi connectivity index (χ2v) is 22.0. The van der Waals surface area contributed by atoms with Gasteiger partial charge in [-0.3, -0.25) is 9.36 Å². The van der Waals surface area contributed by atoms with Crippen molar-refractivity contribution in [2.45, 2.75) is 264 Å². The van der Waals surface area contributed by atoms with Gasteiger partial charge in [-0.05, 0) is 64.2 Å². The average molecular weight is 988 g/mol. The lowest BCUT2D eigenvalue weighted by molar-refractivity contribution is -0.870. The van der Waals surface area contributed by atoms with E-state index in [1.165, 1.54) is 141 Å². The fourth-order valence-corrected chi connectivity index (χ4v) is 8.94. The molecule has 0 heterocycles. The van der Waals surface area contributed by atoms with E-state index < -0.39 is 20.0 Å². The molecular formula is C60H111N2O6P. The van der Waals surface area contributed by atoms with E-state index in [-0.39, 0.29) is 19.1 Å². The highest BCUT2D eigenvalue weighted by Gasteiger charge is 2.24. The van der Waals surface area contributed by atoms with Crippen molar-refractivity contribution in [1.82, 2.24) is 5.32 Å². The van der Waals surface area contributed by atoms with E-state index in [9.17, 15) is 19.4 Å². The van der Waals surface area contributed by atoms with Crippen LogP contribution in [0.2, 0.25) is 0 Å². The SMILES string of the molecule is CC/C=C\C/C=C\C/C=C\C/C=C\C/C=C\C/C=C\CCCCCCCCCCCCC(=O)NC(COP(=O)([O-])OCC[N+](C)(C)C)C(O)CCCCCCCCCCCCCCCCCCCC. The van der Waals surface area contributed by atoms with E-state index in [1.54, 1.807) is 0 Å². The van der Waals surface area contributed by atoms with E-state index in [0.29, 0.717) is 23.9 Å². The summed E-state index contributed by atoms with van der Waals surface area (Å²) < 4.78 is 23.4. The van der Waals surface area contributed by atoms with Crippen LogP contribution >= 0.6 is 7.82 Å². The summed E-state index contributed by atoms with van der Waals surface area (Å²) in [5, 5.41) is 14.0. The van der Waals surface area contributed by atoms with Crippen molar-refractivity contribution in [1.29, 1.82) is 0 Å². The van der Waals surface area contributed by atoms with E-state index in [0.717, 1.165) is 83.5 Å². The van der Waals surface area contributed by atoms with Crippen LogP contribution in [-0.2, 0) is 18.4 Å². The van der Waals surface area contributed by atoms with Crippen LogP contribution in [0.3, 0.4) is 0 Å². The molecule has 8 nitrogen and oxygen atoms in total. The van der Waals surface area contributed by atoms with Crippen LogP contribution in [0.1, 0.15) is 251 Å². The van der Waals surface area contributed by atoms with Crippen molar-refractivity contribution in [3.63, 3.8) is 0 Å². The lowest BCUT2D eigenvalue weighted by atomic mass is 10.0. The minimum absolute atomic E-state index is 0.00882. The van der Waals surface area contributed by atoms with Crippen LogP contribution in [0.4, 0.5) is 0 Å². The van der Waals surface area contributed by atoms with Gasteiger partial charge in [0.05, 0.1) is 39.9 Å². The number of unbranched alkanes of at least 4 members (excludes halogenated alkanes) is 27. The number of allylic oxidation sites excluding steroid dienone is 12. The van der Waals surface area contributed by atoms with Gasteiger partial charge in [-0.1, -0.05) is 254 Å². The number of rotatable bonds is 52. The Morgan fingerprint density at radius 3 is 1.29 bits per heavy atom. The van der Waals surface area contributed by atoms with Gasteiger partial charge in [-0.25, -0.2) is 0 Å². The highest BCUT2D eigenvalue weighted by molar-refractivity contribution is 7.45. The molecule has 9 heteroatoms. The fourth-order valence-electron chi connectivity index (χ4n) is 8.22. The molecule has 0 saturated carbocycles. The number of quaternary nitrogens is 1. The van der Waals surface area contributed by atoms with Crippen molar-refractivity contribution >= 4 is 13.7 Å². The van der Waals surface area contributed by atoms with Gasteiger partial charge in [0.25, 0.3) is 7.82 Å². The molecule has 0 rings (SSSR count). The third-order valence-corrected chi connectivity index (χ3v) is 13.7. The summed E-state index contributed by atoms with van der Waals surface area (Å²) in [5.74, 6) is -0.170. The highest BCUT2D eigenvalue weighted by Crippen LogP contribution is 2.38. The van der Waals surface area contributed by atoms with Gasteiger partial charge in [0.1, 0.15) is 13.2 Å². The molecule has 0 aromatic carbocycles. The van der Waals surface area contributed by atoms with Crippen molar-refractivity contribution in [2.24, 2.45) is 0 Å². The number of hydrogen-bond acceptors (Lipinski definition) is 6. The predicted molar refractivity (Wildman–Crippen MR) is 297 cm³/mol. The zero-order valence-electron chi connectivity index (χ0n) is 45.8. The zero-order valence-corrected chi connectivity index (χ0v) is 46.6. The number of carbonyl (C=O) groups is 1. The highest BCUT2D eigenvalue weighted by atomic mass is 31.2. The van der Waals surface area contributed by atoms with Crippen LogP contribution in [0.15, 0.2) is 72.9 Å². The molecule has 1 amide bonds. The number of nitrogens with one attached hydrogen (secondary N) is 1. The summed E-state index contributed by atoms with van der Waals surface area (Å²) in [4.78, 5) is 25.5. The molecule has 0 aliphatic rings. The number of nitrogens with zero attached hydrogens (tertiary/aromatic N) is 1. The van der Waals surface area contributed by atoms with Crippen molar-refractivity contribution in [3.8, 4) is 0 Å². The maximum absolute atomic E-state index is 13.0. The van der Waals surface area contributed by atoms with Gasteiger partial charge < -0.3 is 28.8 Å². The molecule has 0 fully saturated rings. The van der Waals surface area contributed by atoms with Gasteiger partial charge in [0.2, 0.25) is 5.91 Å². The Kier molecular flexibility index (Phi) is 49.3. The summed E-state index contributed by atoms with van der Waals surface area (Å²) in [7, 11) is 1.30. The summed E-state index contributed by atoms with van der Waals surface area (Å²) in [6.45, 7) is 4.62. The first-order chi connectivity index (χ1) is 33.5. The van der Waals surface area contributed by atoms with Gasteiger partial charge in [-0.2, -0.15) is 0 Å². The minimum atomic E-state index is -4.58. The molecule has 0 aliphatic carbocycles. The molecule has 69 heavy (non-hydrogen) atoms. The maximum atomic E-state index is 13.0. The van der Waals surface area contributed by atoms with Crippen LogP contribution in [-0.4, -0.2) is 68.5 Å². The molecule has 2 N–H and O–H groups in total. The molecule has 0 aliphatic heterocycles. The summed E-state index contributed by atoms with van der Waals surface area (Å²) >= 11 is 0. The number of aliphatic hydroxyl groups excluding tert-OH is 1. The van der Waals surface area contributed by atoms with Crippen molar-refractivity contribution in [3.05, 3.63) is 72.9 Å². The molecule has 0 saturated heterocycles. The van der Waals surface area contributed by atoms with Gasteiger partial charge in [0.15, 0.2) is 0 Å². The van der Waals surface area contributed by atoms with Crippen LogP contribution in [0, 0.1) is 0 Å². The Morgan fingerprint density at radius 2 is 0.884 bits per heavy atom. The Hall–Kier alpha value is -2.06. The minimum Gasteiger partial charge on any atom is -0.756 e. The Morgan fingerprint density at radius 1 is 0.522 bits per heavy atom. The number of amides is 1. The maximum Gasteiger partial charge on any atom is 0.268 e. The summed E-state index contributed by atoms with van der Waals surface area (Å²) in [6, 6.07) is -0.807. The van der Waals surface area contributed by atoms with Gasteiger partial charge in [0, 0.05) is 6.42 Å². The number of phosphoric acid groups is 1. The van der Waals surface area contributed by atoms with Gasteiger partial charge in [-0.15, -0.1) is 0 Å². The number of hydrogen-bond donors (Lipinski definition) is 2. The molecule has 0 bridgehead atoms. The summed E-state index contributed by atoms with van der Waals surface area (Å²) in [6.07, 6.45) is 69.2. The first-order valence-electron chi connectivity index (χ1n) is 28.8. The molecular weight excluding hydrogens is 876 g/mol. The molecule has 0 aromatic rings. The Labute approximate surface area is 427 Å². The molecule has 0 aromatic heterocycles. The van der Waals surface area contributed by atoms with E-state index in [4.69, 9.17) is 9.05 Å². The van der Waals surface area contributed by atoms with E-state index >= 15 is 0 Å². The molecule has 3 unspecified atom stereocenters. The van der Waals surface area contributed by atoms with Crippen LogP contribution in [0.25, 0.3) is 0 Å². The van der Waals surface area contributed by atoms with E-state index in [1.807, 2.05) is 21.1 Å². The van der Waals surface area contributed by atoms with Crippen LogP contribution < -0.4 is 10.2 Å². The molecule has 3 atom stereocenters. The topological polar surface area (TPSA) is 108 Å². The molecule has 0 spiro atoms. The second kappa shape index (κ2) is 50.9. The smallest absolute Gasteiger partial charge is 0.268 e. The molecule has 402 valence electrons. The third kappa shape index (κ3) is 53.6. The number of aliphatic hydroxyl groups is 1. The second-order valence-electron chi connectivity index (χ2n) is 20.6. The van der Waals surface area contributed by atoms with Gasteiger partial charge >= 0.3 is 0 Å². The van der Waals surface area contributed by atoms with Crippen LogP contribution in [0.5, 0.6) is 0 Å². The molecule has 0 radical (unpaired) electrons. The predicted octanol–water partition coefficient (Wildman–Crippen LogP) is 16.9. The Bertz CT molecular complexity index is 1350. The van der Waals surface area contributed by atoms with E-state index in [2.05, 4.69) is 92.1 Å². The zero-order chi connectivity index (χ0) is 50.6. The lowest BCUT2D eigenvalue weighted by Crippen LogP contribution is -2.46. The average Bonchev–Trinajstić information content (AvgIpc) is 3.31.